The molecule has 1 aromatic rings. The first-order chi connectivity index (χ1) is 9.52. The molecule has 0 spiro atoms. The Morgan fingerprint density at radius 2 is 2.00 bits per heavy atom. The molecule has 1 atom stereocenters. The highest BCUT2D eigenvalue weighted by Gasteiger charge is 2.32. The van der Waals surface area contributed by atoms with E-state index in [-0.39, 0.29) is 18.3 Å². The molecule has 3 nitrogen and oxygen atoms in total. The molecule has 1 fully saturated rings. The van der Waals surface area contributed by atoms with Crippen molar-refractivity contribution in [1.82, 2.24) is 4.90 Å². The average molecular weight is 311 g/mol. The molecule has 0 bridgehead atoms. The first-order valence-corrected chi connectivity index (χ1v) is 7.65. The molecule has 118 valence electrons. The van der Waals surface area contributed by atoms with Gasteiger partial charge in [-0.05, 0) is 42.4 Å². The summed E-state index contributed by atoms with van der Waals surface area (Å²) in [5, 5.41) is 0. The SMILES string of the molecule is CCCC1(C)CCCN(C(=O)Cc2ccc(N)cc2)C1.Cl. The Bertz CT molecular complexity index is 456. The molecular formula is C17H27ClN2O. The number of likely N-dealkylation sites (tertiary alicyclic amines) is 1. The zero-order valence-electron chi connectivity index (χ0n) is 13.1. The quantitative estimate of drug-likeness (QED) is 0.863. The molecule has 0 aromatic heterocycles. The normalized spacial score (nSPS) is 21.7. The third-order valence-electron chi connectivity index (χ3n) is 4.32. The van der Waals surface area contributed by atoms with Gasteiger partial charge in [-0.25, -0.2) is 0 Å². The lowest BCUT2D eigenvalue weighted by molar-refractivity contribution is -0.133. The van der Waals surface area contributed by atoms with Crippen LogP contribution in [0.2, 0.25) is 0 Å². The molecule has 4 heteroatoms. The van der Waals surface area contributed by atoms with E-state index in [4.69, 9.17) is 5.73 Å². The highest BCUT2D eigenvalue weighted by Crippen LogP contribution is 2.34. The van der Waals surface area contributed by atoms with Gasteiger partial charge in [-0.3, -0.25) is 4.79 Å². The lowest BCUT2D eigenvalue weighted by Crippen LogP contribution is -2.45. The van der Waals surface area contributed by atoms with Crippen LogP contribution in [0, 0.1) is 5.41 Å². The number of rotatable bonds is 4. The van der Waals surface area contributed by atoms with Gasteiger partial charge in [-0.15, -0.1) is 12.4 Å². The molecule has 1 amide bonds. The van der Waals surface area contributed by atoms with Gasteiger partial charge in [0.1, 0.15) is 0 Å². The van der Waals surface area contributed by atoms with E-state index in [0.717, 1.165) is 30.8 Å². The maximum atomic E-state index is 12.4. The third-order valence-corrected chi connectivity index (χ3v) is 4.32. The minimum atomic E-state index is 0. The Morgan fingerprint density at radius 3 is 2.62 bits per heavy atom. The second-order valence-corrected chi connectivity index (χ2v) is 6.40. The monoisotopic (exact) mass is 310 g/mol. The fraction of sp³-hybridized carbons (Fsp3) is 0.588. The number of benzene rings is 1. The molecular weight excluding hydrogens is 284 g/mol. The summed E-state index contributed by atoms with van der Waals surface area (Å²) in [6, 6.07) is 7.62. The molecule has 2 rings (SSSR count). The molecule has 0 radical (unpaired) electrons. The zero-order chi connectivity index (χ0) is 14.6. The molecule has 21 heavy (non-hydrogen) atoms. The van der Waals surface area contributed by atoms with Crippen molar-refractivity contribution in [3.8, 4) is 0 Å². The van der Waals surface area contributed by atoms with Crippen LogP contribution in [0.4, 0.5) is 5.69 Å². The highest BCUT2D eigenvalue weighted by molar-refractivity contribution is 5.85. The first-order valence-electron chi connectivity index (χ1n) is 7.65. The smallest absolute Gasteiger partial charge is 0.227 e. The highest BCUT2D eigenvalue weighted by atomic mass is 35.5. The van der Waals surface area contributed by atoms with Crippen molar-refractivity contribution in [1.29, 1.82) is 0 Å². The second-order valence-electron chi connectivity index (χ2n) is 6.40. The fourth-order valence-corrected chi connectivity index (χ4v) is 3.26. The maximum Gasteiger partial charge on any atom is 0.227 e. The fourth-order valence-electron chi connectivity index (χ4n) is 3.26. The molecule has 1 aromatic carbocycles. The van der Waals surface area contributed by atoms with Crippen molar-refractivity contribution in [2.24, 2.45) is 5.41 Å². The van der Waals surface area contributed by atoms with Crippen LogP contribution in [0.15, 0.2) is 24.3 Å². The van der Waals surface area contributed by atoms with E-state index < -0.39 is 0 Å². The van der Waals surface area contributed by atoms with Crippen LogP contribution in [0.5, 0.6) is 0 Å². The van der Waals surface area contributed by atoms with E-state index in [9.17, 15) is 4.79 Å². The number of piperidine rings is 1. The summed E-state index contributed by atoms with van der Waals surface area (Å²) < 4.78 is 0. The van der Waals surface area contributed by atoms with Crippen LogP contribution < -0.4 is 5.73 Å². The third kappa shape index (κ3) is 4.92. The van der Waals surface area contributed by atoms with Crippen LogP contribution in [-0.4, -0.2) is 23.9 Å². The van der Waals surface area contributed by atoms with Crippen molar-refractivity contribution >= 4 is 24.0 Å². The Kier molecular flexibility index (Phi) is 6.53. The van der Waals surface area contributed by atoms with E-state index in [1.807, 2.05) is 24.3 Å². The summed E-state index contributed by atoms with van der Waals surface area (Å²) in [5.74, 6) is 0.247. The van der Waals surface area contributed by atoms with Gasteiger partial charge < -0.3 is 10.6 Å². The number of carbonyl (C=O) groups is 1. The molecule has 1 heterocycles. The van der Waals surface area contributed by atoms with Gasteiger partial charge >= 0.3 is 0 Å². The van der Waals surface area contributed by atoms with E-state index in [2.05, 4.69) is 18.7 Å². The van der Waals surface area contributed by atoms with Gasteiger partial charge in [0.15, 0.2) is 0 Å². The van der Waals surface area contributed by atoms with Crippen molar-refractivity contribution < 1.29 is 4.79 Å². The zero-order valence-corrected chi connectivity index (χ0v) is 13.9. The summed E-state index contributed by atoms with van der Waals surface area (Å²) in [4.78, 5) is 14.5. The van der Waals surface area contributed by atoms with Crippen LogP contribution >= 0.6 is 12.4 Å². The minimum absolute atomic E-state index is 0. The number of anilines is 1. The number of nitrogens with two attached hydrogens (primary N) is 1. The van der Waals surface area contributed by atoms with Crippen LogP contribution in [-0.2, 0) is 11.2 Å². The second kappa shape index (κ2) is 7.69. The number of hydrogen-bond donors (Lipinski definition) is 1. The summed E-state index contributed by atoms with van der Waals surface area (Å²) in [6.45, 7) is 6.36. The van der Waals surface area contributed by atoms with Gasteiger partial charge in [-0.1, -0.05) is 32.4 Å². The number of nitrogens with zero attached hydrogens (tertiary/aromatic N) is 1. The first kappa shape index (κ1) is 17.8. The van der Waals surface area contributed by atoms with Crippen LogP contribution in [0.25, 0.3) is 0 Å². The van der Waals surface area contributed by atoms with Gasteiger partial charge in [0.2, 0.25) is 5.91 Å². The van der Waals surface area contributed by atoms with Gasteiger partial charge in [0.05, 0.1) is 6.42 Å². The van der Waals surface area contributed by atoms with Crippen molar-refractivity contribution in [2.75, 3.05) is 18.8 Å². The lowest BCUT2D eigenvalue weighted by Gasteiger charge is -2.40. The van der Waals surface area contributed by atoms with Crippen molar-refractivity contribution in [2.45, 2.75) is 46.0 Å². The number of hydrogen-bond acceptors (Lipinski definition) is 2. The Labute approximate surface area is 134 Å². The minimum Gasteiger partial charge on any atom is -0.399 e. The Morgan fingerprint density at radius 1 is 1.33 bits per heavy atom. The van der Waals surface area contributed by atoms with Crippen LogP contribution in [0.3, 0.4) is 0 Å². The standard InChI is InChI=1S/C17H26N2O.ClH/c1-3-9-17(2)10-4-11-19(13-17)16(20)12-14-5-7-15(18)8-6-14;/h5-8H,3-4,9-13,18H2,1-2H3;1H. The molecule has 2 N–H and O–H groups in total. The number of nitrogen functional groups attached to an aromatic ring is 1. The van der Waals surface area contributed by atoms with Gasteiger partial charge in [0.25, 0.3) is 0 Å². The maximum absolute atomic E-state index is 12.4. The van der Waals surface area contributed by atoms with Crippen molar-refractivity contribution in [3.63, 3.8) is 0 Å². The lowest BCUT2D eigenvalue weighted by atomic mass is 9.78. The molecule has 1 aliphatic heterocycles. The molecule has 0 aliphatic carbocycles. The summed E-state index contributed by atoms with van der Waals surface area (Å²) in [6.07, 6.45) is 5.26. The molecule has 1 unspecified atom stereocenters. The van der Waals surface area contributed by atoms with E-state index in [0.29, 0.717) is 11.8 Å². The number of carbonyl (C=O) groups excluding carboxylic acids is 1. The summed E-state index contributed by atoms with van der Waals surface area (Å²) in [7, 11) is 0. The molecule has 0 saturated carbocycles. The predicted molar refractivity (Wildman–Crippen MR) is 90.6 cm³/mol. The number of amides is 1. The van der Waals surface area contributed by atoms with Gasteiger partial charge in [0, 0.05) is 18.8 Å². The van der Waals surface area contributed by atoms with E-state index in [1.165, 1.54) is 19.3 Å². The van der Waals surface area contributed by atoms with Crippen LogP contribution in [0.1, 0.15) is 45.1 Å². The van der Waals surface area contributed by atoms with Gasteiger partial charge in [-0.2, -0.15) is 0 Å². The number of halogens is 1. The molecule has 1 aliphatic rings. The average Bonchev–Trinajstić information content (AvgIpc) is 2.41. The topological polar surface area (TPSA) is 46.3 Å². The Hall–Kier alpha value is -1.22. The van der Waals surface area contributed by atoms with Crippen molar-refractivity contribution in [3.05, 3.63) is 29.8 Å². The predicted octanol–water partition coefficient (Wildman–Crippen LogP) is 3.66. The summed E-state index contributed by atoms with van der Waals surface area (Å²) in [5.41, 5.74) is 7.78. The van der Waals surface area contributed by atoms with E-state index >= 15 is 0 Å². The Balaban J connectivity index is 0.00000220. The van der Waals surface area contributed by atoms with E-state index in [1.54, 1.807) is 0 Å². The molecule has 1 saturated heterocycles. The summed E-state index contributed by atoms with van der Waals surface area (Å²) >= 11 is 0. The largest absolute Gasteiger partial charge is 0.399 e.